The topological polar surface area (TPSA) is 71.4 Å². The molecule has 1 aliphatic rings. The van der Waals surface area contributed by atoms with Crippen LogP contribution >= 0.6 is 11.3 Å². The Labute approximate surface area is 207 Å². The van der Waals surface area contributed by atoms with E-state index >= 15 is 0 Å². The number of benzene rings is 2. The summed E-state index contributed by atoms with van der Waals surface area (Å²) in [6, 6.07) is 16.7. The molecular formula is C26H26FN3O4S. The van der Waals surface area contributed by atoms with Crippen molar-refractivity contribution in [2.75, 3.05) is 33.9 Å². The van der Waals surface area contributed by atoms with Crippen LogP contribution in [0.25, 0.3) is 0 Å². The van der Waals surface area contributed by atoms with Gasteiger partial charge in [0.05, 0.1) is 30.3 Å². The van der Waals surface area contributed by atoms with Crippen LogP contribution in [0, 0.1) is 5.82 Å². The van der Waals surface area contributed by atoms with Gasteiger partial charge in [0.15, 0.2) is 0 Å². The molecule has 2 amide bonds. The summed E-state index contributed by atoms with van der Waals surface area (Å²) in [6.07, 6.45) is 0.310. The molecule has 0 fully saturated rings. The number of thiophene rings is 1. The lowest BCUT2D eigenvalue weighted by molar-refractivity contribution is -0.133. The van der Waals surface area contributed by atoms with Gasteiger partial charge >= 0.3 is 0 Å². The van der Waals surface area contributed by atoms with Gasteiger partial charge in [-0.05, 0) is 23.6 Å². The van der Waals surface area contributed by atoms with Crippen molar-refractivity contribution >= 4 is 28.9 Å². The van der Waals surface area contributed by atoms with Crippen LogP contribution in [0.2, 0.25) is 0 Å². The molecule has 2 heterocycles. The highest BCUT2D eigenvalue weighted by atomic mass is 32.1. The molecule has 1 aliphatic heterocycles. The van der Waals surface area contributed by atoms with E-state index in [9.17, 15) is 14.0 Å². The van der Waals surface area contributed by atoms with Crippen LogP contribution in [0.3, 0.4) is 0 Å². The molecule has 1 aromatic heterocycles. The minimum absolute atomic E-state index is 0.195. The SMILES string of the molecule is COCCN(CC(=O)N1N=C(c2ccccc2F)C[C@H]1c1ccccc1OC)C(=O)c1cccs1. The number of carbonyl (C=O) groups excluding carboxylic acids is 2. The van der Waals surface area contributed by atoms with Crippen LogP contribution in [0.4, 0.5) is 4.39 Å². The Kier molecular flexibility index (Phi) is 7.89. The zero-order valence-corrected chi connectivity index (χ0v) is 20.3. The van der Waals surface area contributed by atoms with Crippen molar-refractivity contribution in [2.24, 2.45) is 5.10 Å². The number of para-hydroxylation sites is 1. The molecule has 7 nitrogen and oxygen atoms in total. The maximum atomic E-state index is 14.6. The lowest BCUT2D eigenvalue weighted by atomic mass is 9.97. The molecule has 1 atom stereocenters. The molecule has 0 saturated carbocycles. The summed E-state index contributed by atoms with van der Waals surface area (Å²) in [6.45, 7) is 0.333. The molecule has 0 spiro atoms. The number of hydrazone groups is 1. The van der Waals surface area contributed by atoms with Crippen LogP contribution in [-0.2, 0) is 9.53 Å². The fraction of sp³-hybridized carbons (Fsp3) is 0.269. The lowest BCUT2D eigenvalue weighted by Gasteiger charge is -2.27. The number of methoxy groups -OCH3 is 2. The largest absolute Gasteiger partial charge is 0.496 e. The van der Waals surface area contributed by atoms with Gasteiger partial charge in [0.25, 0.3) is 11.8 Å². The molecule has 0 unspecified atom stereocenters. The zero-order chi connectivity index (χ0) is 24.8. The number of hydrogen-bond donors (Lipinski definition) is 0. The van der Waals surface area contributed by atoms with Gasteiger partial charge < -0.3 is 14.4 Å². The van der Waals surface area contributed by atoms with E-state index in [4.69, 9.17) is 9.47 Å². The summed E-state index contributed by atoms with van der Waals surface area (Å²) in [5.41, 5.74) is 1.56. The molecule has 182 valence electrons. The number of amides is 2. The van der Waals surface area contributed by atoms with Gasteiger partial charge in [-0.3, -0.25) is 9.59 Å². The smallest absolute Gasteiger partial charge is 0.264 e. The molecule has 0 N–H and O–H groups in total. The van der Waals surface area contributed by atoms with Crippen molar-refractivity contribution in [2.45, 2.75) is 12.5 Å². The molecule has 2 aromatic carbocycles. The molecule has 4 rings (SSSR count). The van der Waals surface area contributed by atoms with Crippen molar-refractivity contribution in [1.82, 2.24) is 9.91 Å². The van der Waals surface area contributed by atoms with Crippen molar-refractivity contribution in [3.05, 3.63) is 87.9 Å². The van der Waals surface area contributed by atoms with Crippen LogP contribution in [-0.4, -0.2) is 61.4 Å². The maximum Gasteiger partial charge on any atom is 0.264 e. The van der Waals surface area contributed by atoms with E-state index in [1.54, 1.807) is 44.6 Å². The molecule has 0 bridgehead atoms. The minimum atomic E-state index is -0.505. The standard InChI is InChI=1S/C26H26FN3O4S/c1-33-14-13-29(26(32)24-12-7-15-35-24)17-25(31)30-22(19-9-4-6-11-23(19)34-2)16-21(28-30)18-8-3-5-10-20(18)27/h3-12,15,22H,13-14,16-17H2,1-2H3/t22-/m0/s1. The zero-order valence-electron chi connectivity index (χ0n) is 19.5. The van der Waals surface area contributed by atoms with Crippen molar-refractivity contribution in [1.29, 1.82) is 0 Å². The fourth-order valence-corrected chi connectivity index (χ4v) is 4.72. The lowest BCUT2D eigenvalue weighted by Crippen LogP contribution is -2.42. The first-order valence-electron chi connectivity index (χ1n) is 11.1. The first-order chi connectivity index (χ1) is 17.0. The monoisotopic (exact) mass is 495 g/mol. The number of ether oxygens (including phenoxy) is 2. The van der Waals surface area contributed by atoms with Gasteiger partial charge in [-0.25, -0.2) is 9.40 Å². The van der Waals surface area contributed by atoms with Crippen molar-refractivity contribution < 1.29 is 23.5 Å². The highest BCUT2D eigenvalue weighted by Gasteiger charge is 2.36. The van der Waals surface area contributed by atoms with E-state index in [1.165, 1.54) is 27.3 Å². The number of halogens is 1. The second-order valence-electron chi connectivity index (χ2n) is 7.92. The van der Waals surface area contributed by atoms with E-state index < -0.39 is 11.9 Å². The van der Waals surface area contributed by atoms with Gasteiger partial charge in [-0.2, -0.15) is 5.10 Å². The van der Waals surface area contributed by atoms with E-state index in [1.807, 2.05) is 29.6 Å². The Balaban J connectivity index is 1.67. The Morgan fingerprint density at radius 3 is 2.60 bits per heavy atom. The Morgan fingerprint density at radius 2 is 1.89 bits per heavy atom. The third-order valence-corrected chi connectivity index (χ3v) is 6.62. The maximum absolute atomic E-state index is 14.6. The number of carbonyl (C=O) groups is 2. The Hall–Kier alpha value is -3.56. The van der Waals surface area contributed by atoms with E-state index in [2.05, 4.69) is 5.10 Å². The summed E-state index contributed by atoms with van der Waals surface area (Å²) in [5.74, 6) is -0.440. The second-order valence-corrected chi connectivity index (χ2v) is 8.87. The molecule has 3 aromatic rings. The first kappa shape index (κ1) is 24.6. The Bertz CT molecular complexity index is 1210. The third-order valence-electron chi connectivity index (χ3n) is 5.76. The molecule has 0 radical (unpaired) electrons. The highest BCUT2D eigenvalue weighted by molar-refractivity contribution is 7.12. The fourth-order valence-electron chi connectivity index (χ4n) is 4.03. The first-order valence-corrected chi connectivity index (χ1v) is 12.0. The van der Waals surface area contributed by atoms with Gasteiger partial charge in [0, 0.05) is 31.2 Å². The number of rotatable bonds is 9. The van der Waals surface area contributed by atoms with Gasteiger partial charge in [-0.1, -0.05) is 42.5 Å². The third kappa shape index (κ3) is 5.41. The average molecular weight is 496 g/mol. The average Bonchev–Trinajstić information content (AvgIpc) is 3.57. The summed E-state index contributed by atoms with van der Waals surface area (Å²) >= 11 is 1.31. The van der Waals surface area contributed by atoms with Crippen LogP contribution in [0.1, 0.15) is 33.3 Å². The van der Waals surface area contributed by atoms with Gasteiger partial charge in [-0.15, -0.1) is 11.3 Å². The molecule has 0 aliphatic carbocycles. The summed E-state index contributed by atoms with van der Waals surface area (Å²) in [7, 11) is 3.10. The van der Waals surface area contributed by atoms with E-state index in [0.29, 0.717) is 28.3 Å². The van der Waals surface area contributed by atoms with Gasteiger partial charge in [0.2, 0.25) is 0 Å². The predicted molar refractivity (Wildman–Crippen MR) is 132 cm³/mol. The normalized spacial score (nSPS) is 15.1. The highest BCUT2D eigenvalue weighted by Crippen LogP contribution is 2.37. The minimum Gasteiger partial charge on any atom is -0.496 e. The predicted octanol–water partition coefficient (Wildman–Crippen LogP) is 4.36. The molecule has 35 heavy (non-hydrogen) atoms. The Morgan fingerprint density at radius 1 is 1.11 bits per heavy atom. The van der Waals surface area contributed by atoms with Crippen LogP contribution < -0.4 is 4.74 Å². The summed E-state index contributed by atoms with van der Waals surface area (Å²) < 4.78 is 25.3. The number of hydrogen-bond acceptors (Lipinski definition) is 6. The molecular weight excluding hydrogens is 469 g/mol. The van der Waals surface area contributed by atoms with Crippen molar-refractivity contribution in [3.63, 3.8) is 0 Å². The van der Waals surface area contributed by atoms with E-state index in [-0.39, 0.29) is 31.5 Å². The molecule has 9 heteroatoms. The van der Waals surface area contributed by atoms with Gasteiger partial charge in [0.1, 0.15) is 18.1 Å². The van der Waals surface area contributed by atoms with Crippen molar-refractivity contribution in [3.8, 4) is 5.75 Å². The van der Waals surface area contributed by atoms with E-state index in [0.717, 1.165) is 5.56 Å². The van der Waals surface area contributed by atoms with Crippen LogP contribution in [0.5, 0.6) is 5.75 Å². The summed E-state index contributed by atoms with van der Waals surface area (Å²) in [4.78, 5) is 28.6. The van der Waals surface area contributed by atoms with Crippen LogP contribution in [0.15, 0.2) is 71.1 Å². The summed E-state index contributed by atoms with van der Waals surface area (Å²) in [5, 5.41) is 7.71. The quantitative estimate of drug-likeness (QED) is 0.442. The second kappa shape index (κ2) is 11.2. The molecule has 0 saturated heterocycles. The number of nitrogens with zero attached hydrogens (tertiary/aromatic N) is 3.